The number of amides is 4. The Hall–Kier alpha value is -6.83. The maximum absolute atomic E-state index is 16.0. The number of hydrogen-bond donors (Lipinski definition) is 3. The van der Waals surface area contributed by atoms with Gasteiger partial charge in [-0.15, -0.1) is 0 Å². The van der Waals surface area contributed by atoms with Gasteiger partial charge in [0.15, 0.2) is 0 Å². The number of rotatable bonds is 11. The number of benzene rings is 3. The van der Waals surface area contributed by atoms with E-state index in [9.17, 15) is 23.7 Å². The summed E-state index contributed by atoms with van der Waals surface area (Å²) in [7, 11) is 0.715. The number of nitrogens with one attached hydrogen (secondary N) is 3. The number of nitrogens with zero attached hydrogens (tertiary/aromatic N) is 10. The highest BCUT2D eigenvalue weighted by Gasteiger charge is 2.46. The summed E-state index contributed by atoms with van der Waals surface area (Å²) in [6, 6.07) is 9.72. The highest BCUT2D eigenvalue weighted by atomic mass is 79.9. The third-order valence-corrected chi connectivity index (χ3v) is 17.5. The highest BCUT2D eigenvalue weighted by Crippen LogP contribution is 2.46. The molecule has 0 radical (unpaired) electrons. The fourth-order valence-electron chi connectivity index (χ4n) is 11.7. The van der Waals surface area contributed by atoms with E-state index in [2.05, 4.69) is 73.9 Å². The second kappa shape index (κ2) is 19.5. The molecule has 4 fully saturated rings. The SMILES string of the molecule is COc1cc(N2CCC(N3CCC4(CCCN(c5cc6c(cc5F)C(=O)N(C5CCC(=O)NC5=O)C6=O)C4)CC3)CC2)c(-c2cnn(C)c2)cc1Nc1ncc(Br)c(Nc2ccc3nccnc3c2P(C)(C)=O)n1. The Morgan fingerprint density at radius 3 is 2.31 bits per heavy atom. The number of aryl methyl sites for hydroxylation is 1. The minimum absolute atomic E-state index is 0.0123. The molecule has 5 aliphatic rings. The van der Waals surface area contributed by atoms with Crippen LogP contribution in [0.2, 0.25) is 0 Å². The van der Waals surface area contributed by atoms with Crippen molar-refractivity contribution in [2.24, 2.45) is 12.5 Å². The fourth-order valence-corrected chi connectivity index (χ4v) is 13.4. The number of methoxy groups -OCH3 is 1. The molecule has 0 aliphatic carbocycles. The maximum atomic E-state index is 16.0. The molecule has 22 heteroatoms. The van der Waals surface area contributed by atoms with Gasteiger partial charge in [0.25, 0.3) is 11.8 Å². The van der Waals surface area contributed by atoms with Crippen molar-refractivity contribution in [3.05, 3.63) is 88.8 Å². The van der Waals surface area contributed by atoms with E-state index in [1.54, 1.807) is 43.7 Å². The van der Waals surface area contributed by atoms with Crippen molar-refractivity contribution in [3.63, 3.8) is 0 Å². The minimum atomic E-state index is -2.83. The summed E-state index contributed by atoms with van der Waals surface area (Å²) in [6.45, 7) is 8.22. The first-order chi connectivity index (χ1) is 35.6. The van der Waals surface area contributed by atoms with Crippen molar-refractivity contribution in [1.82, 2.24) is 44.8 Å². The van der Waals surface area contributed by atoms with Gasteiger partial charge in [-0.25, -0.2) is 9.37 Å². The van der Waals surface area contributed by atoms with Crippen LogP contribution >= 0.6 is 23.1 Å². The first kappa shape index (κ1) is 49.4. The number of aromatic nitrogens is 6. The van der Waals surface area contributed by atoms with Crippen LogP contribution in [0.4, 0.5) is 38.9 Å². The van der Waals surface area contributed by atoms with Gasteiger partial charge in [-0.2, -0.15) is 10.1 Å². The highest BCUT2D eigenvalue weighted by molar-refractivity contribution is 9.10. The third-order valence-electron chi connectivity index (χ3n) is 15.4. The van der Waals surface area contributed by atoms with Crippen molar-refractivity contribution < 1.29 is 32.9 Å². The standard InChI is InChI=1S/C52H56BrFN13O6P/c1-63-28-30(26-58-63)32-23-39(60-51-57-27-35(53)47(62-51)59-38-7-6-37-45(56-16-15-55-37)46(38)74(3,4)72)43(73-2)25-41(32)65-18-10-31(11-19-65)64-20-13-52(14-21-64)12-5-17-66(29-52)42-24-34-33(22-36(42)54)49(70)67(50(34)71)40-8-9-44(68)61-48(40)69/h6-7,15-16,22-28,31,40H,5,8-14,17-21,29H2,1-4H3,(H,61,68,69)(H2,57,59,60,62). The topological polar surface area (TPSA) is 213 Å². The average Bonchev–Trinajstić information content (AvgIpc) is 3.93. The second-order valence-corrected chi connectivity index (χ2v) is 24.4. The largest absolute Gasteiger partial charge is 0.494 e. The van der Waals surface area contributed by atoms with Crippen LogP contribution in [0, 0.1) is 11.2 Å². The quantitative estimate of drug-likeness (QED) is 0.0863. The number of anilines is 6. The molecule has 3 aromatic carbocycles. The number of carbonyl (C=O) groups is 4. The van der Waals surface area contributed by atoms with E-state index in [4.69, 9.17) is 9.72 Å². The van der Waals surface area contributed by atoms with E-state index in [1.807, 2.05) is 36.5 Å². The molecule has 1 unspecified atom stereocenters. The molecular weight excluding hydrogens is 1030 g/mol. The number of hydrogen-bond acceptors (Lipinski definition) is 16. The molecule has 4 amide bonds. The van der Waals surface area contributed by atoms with Crippen LogP contribution in [0.15, 0.2) is 71.9 Å². The van der Waals surface area contributed by atoms with E-state index in [0.29, 0.717) is 74.5 Å². The van der Waals surface area contributed by atoms with Gasteiger partial charge in [-0.1, -0.05) is 0 Å². The van der Waals surface area contributed by atoms with Crippen LogP contribution < -0.4 is 35.8 Å². The van der Waals surface area contributed by atoms with Gasteiger partial charge in [0.05, 0.1) is 56.8 Å². The predicted octanol–water partition coefficient (Wildman–Crippen LogP) is 7.22. The molecule has 3 aromatic heterocycles. The van der Waals surface area contributed by atoms with Gasteiger partial charge in [0, 0.05) is 93.4 Å². The molecular formula is C52H56BrFN13O6P. The van der Waals surface area contributed by atoms with E-state index in [-0.39, 0.29) is 29.4 Å². The smallest absolute Gasteiger partial charge is 0.262 e. The maximum Gasteiger partial charge on any atom is 0.262 e. The van der Waals surface area contributed by atoms with Crippen molar-refractivity contribution >= 4 is 97.6 Å². The molecule has 384 valence electrons. The van der Waals surface area contributed by atoms with Gasteiger partial charge in [0.2, 0.25) is 17.8 Å². The Labute approximate surface area is 435 Å². The summed E-state index contributed by atoms with van der Waals surface area (Å²) < 4.78 is 38.1. The lowest BCUT2D eigenvalue weighted by molar-refractivity contribution is -0.136. The molecule has 0 bridgehead atoms. The van der Waals surface area contributed by atoms with Gasteiger partial charge < -0.3 is 34.6 Å². The van der Waals surface area contributed by atoms with Gasteiger partial charge in [-0.05, 0) is 123 Å². The number of imide groups is 2. The summed E-state index contributed by atoms with van der Waals surface area (Å²) in [6.07, 6.45) is 14.5. The Bertz CT molecular complexity index is 3320. The molecule has 8 heterocycles. The first-order valence-electron chi connectivity index (χ1n) is 24.9. The van der Waals surface area contributed by atoms with Gasteiger partial charge in [-0.3, -0.25) is 44.0 Å². The Kier molecular flexibility index (Phi) is 13.0. The first-order valence-corrected chi connectivity index (χ1v) is 28.3. The molecule has 74 heavy (non-hydrogen) atoms. The molecule has 19 nitrogen and oxygen atoms in total. The lowest BCUT2D eigenvalue weighted by Gasteiger charge is -2.50. The number of fused-ring (bicyclic) bond motifs is 2. The van der Waals surface area contributed by atoms with E-state index in [1.165, 1.54) is 6.07 Å². The molecule has 11 rings (SSSR count). The summed E-state index contributed by atoms with van der Waals surface area (Å²) in [5, 5.41) is 14.1. The molecule has 5 aliphatic heterocycles. The zero-order chi connectivity index (χ0) is 51.6. The molecule has 3 N–H and O–H groups in total. The summed E-state index contributed by atoms with van der Waals surface area (Å²) in [5.41, 5.74) is 5.75. The van der Waals surface area contributed by atoms with Crippen LogP contribution in [0.1, 0.15) is 72.1 Å². The second-order valence-electron chi connectivity index (χ2n) is 20.4. The summed E-state index contributed by atoms with van der Waals surface area (Å²) >= 11 is 3.61. The van der Waals surface area contributed by atoms with Crippen molar-refractivity contribution in [1.29, 1.82) is 0 Å². The number of carbonyl (C=O) groups excluding carboxylic acids is 4. The summed E-state index contributed by atoms with van der Waals surface area (Å²) in [5.74, 6) is -1.68. The molecule has 4 saturated heterocycles. The van der Waals surface area contributed by atoms with Crippen LogP contribution in [-0.4, -0.2) is 135 Å². The van der Waals surface area contributed by atoms with E-state index in [0.717, 1.165) is 92.5 Å². The third kappa shape index (κ3) is 9.27. The minimum Gasteiger partial charge on any atom is -0.494 e. The zero-order valence-electron chi connectivity index (χ0n) is 41.5. The average molecular weight is 1090 g/mol. The van der Waals surface area contributed by atoms with Crippen LogP contribution in [0.25, 0.3) is 22.2 Å². The fraction of sp³-hybridized carbons (Fsp3) is 0.404. The molecule has 6 aromatic rings. The van der Waals surface area contributed by atoms with Crippen LogP contribution in [0.3, 0.4) is 0 Å². The van der Waals surface area contributed by atoms with Crippen molar-refractivity contribution in [3.8, 4) is 16.9 Å². The number of likely N-dealkylation sites (tertiary alicyclic amines) is 1. The van der Waals surface area contributed by atoms with Crippen molar-refractivity contribution in [2.45, 2.75) is 63.5 Å². The normalized spacial score (nSPS) is 19.6. The lowest BCUT2D eigenvalue weighted by Crippen LogP contribution is -2.54. The number of piperidine rings is 4. The zero-order valence-corrected chi connectivity index (χ0v) is 44.0. The van der Waals surface area contributed by atoms with Crippen LogP contribution in [0.5, 0.6) is 5.75 Å². The van der Waals surface area contributed by atoms with E-state index < -0.39 is 42.6 Å². The molecule has 1 atom stereocenters. The Morgan fingerprint density at radius 2 is 1.59 bits per heavy atom. The lowest BCUT2D eigenvalue weighted by atomic mass is 9.72. The number of ether oxygens (including phenoxy) is 1. The Balaban J connectivity index is 0.764. The summed E-state index contributed by atoms with van der Waals surface area (Å²) in [4.78, 5) is 77.8. The van der Waals surface area contributed by atoms with Crippen molar-refractivity contribution in [2.75, 3.05) is 80.1 Å². The monoisotopic (exact) mass is 1090 g/mol. The molecule has 0 saturated carbocycles. The van der Waals surface area contributed by atoms with Crippen LogP contribution in [-0.2, 0) is 21.2 Å². The Morgan fingerprint density at radius 1 is 0.838 bits per heavy atom. The van der Waals surface area contributed by atoms with Gasteiger partial charge >= 0.3 is 0 Å². The predicted molar refractivity (Wildman–Crippen MR) is 283 cm³/mol. The molecule has 1 spiro atoms. The van der Waals surface area contributed by atoms with E-state index >= 15 is 4.39 Å². The van der Waals surface area contributed by atoms with Gasteiger partial charge in [0.1, 0.15) is 36.1 Å². The number of halogens is 2.